The van der Waals surface area contributed by atoms with E-state index in [1.54, 1.807) is 32.9 Å². The zero-order chi connectivity index (χ0) is 31.5. The van der Waals surface area contributed by atoms with E-state index in [0.717, 1.165) is 18.4 Å². The van der Waals surface area contributed by atoms with E-state index in [-0.39, 0.29) is 41.1 Å². The molecule has 2 N–H and O–H groups in total. The molecule has 0 radical (unpaired) electrons. The smallest absolute Gasteiger partial charge is 0.307 e. The lowest BCUT2D eigenvalue weighted by Crippen LogP contribution is -2.43. The molecule has 1 heterocycles. The van der Waals surface area contributed by atoms with Crippen molar-refractivity contribution < 1.29 is 28.2 Å². The summed E-state index contributed by atoms with van der Waals surface area (Å²) in [6.45, 7) is 17.1. The Kier molecular flexibility index (Phi) is 10.2. The standard InChI is InChI=1S/C32H47FN2O6Si/c1-30(2,3)41-25(37)19-32(17-15-22(16-18-32)20-40-42(7,8)31(4,5)6)29-34-26(27(38)28(39)35-29)24(36)14-11-21-9-12-23(33)13-10-21/h9-10,12-13,22,38H,11,14-20H2,1-8H3,(H,34,35,39). The van der Waals surface area contributed by atoms with Crippen LogP contribution in [-0.4, -0.2) is 47.4 Å². The molecule has 1 aromatic heterocycles. The average molecular weight is 603 g/mol. The highest BCUT2D eigenvalue weighted by Crippen LogP contribution is 2.44. The molecular formula is C32H47FN2O6Si. The maximum Gasteiger partial charge on any atom is 0.307 e. The molecule has 0 unspecified atom stereocenters. The molecule has 10 heteroatoms. The molecule has 0 amide bonds. The van der Waals surface area contributed by atoms with Gasteiger partial charge in [-0.15, -0.1) is 0 Å². The molecule has 0 spiro atoms. The van der Waals surface area contributed by atoms with Gasteiger partial charge >= 0.3 is 5.97 Å². The first-order valence-corrected chi connectivity index (χ1v) is 17.7. The number of aromatic nitrogens is 2. The number of nitrogens with zero attached hydrogens (tertiary/aromatic N) is 1. The second kappa shape index (κ2) is 12.8. The molecule has 1 aromatic carbocycles. The first-order chi connectivity index (χ1) is 19.3. The van der Waals surface area contributed by atoms with E-state index < -0.39 is 42.4 Å². The molecule has 0 aliphatic heterocycles. The second-order valence-electron chi connectivity index (χ2n) is 14.2. The number of hydrogen-bond donors (Lipinski definition) is 2. The van der Waals surface area contributed by atoms with Gasteiger partial charge in [0.05, 0.1) is 6.42 Å². The monoisotopic (exact) mass is 602 g/mol. The third-order valence-electron chi connectivity index (χ3n) is 8.67. The minimum atomic E-state index is -1.93. The summed E-state index contributed by atoms with van der Waals surface area (Å²) >= 11 is 0. The summed E-state index contributed by atoms with van der Waals surface area (Å²) < 4.78 is 25.4. The minimum absolute atomic E-state index is 0.0169. The molecule has 1 aliphatic carbocycles. The number of halogens is 1. The van der Waals surface area contributed by atoms with E-state index in [0.29, 0.717) is 25.9 Å². The van der Waals surface area contributed by atoms with Gasteiger partial charge in [-0.05, 0) is 94.6 Å². The van der Waals surface area contributed by atoms with Crippen LogP contribution in [0.15, 0.2) is 29.1 Å². The Bertz CT molecular complexity index is 1320. The summed E-state index contributed by atoms with van der Waals surface area (Å²) in [4.78, 5) is 46.3. The maximum absolute atomic E-state index is 13.3. The van der Waals surface area contributed by atoms with Crippen molar-refractivity contribution in [2.75, 3.05) is 6.61 Å². The van der Waals surface area contributed by atoms with Crippen molar-refractivity contribution in [3.63, 3.8) is 0 Å². The molecule has 1 aliphatic rings. The summed E-state index contributed by atoms with van der Waals surface area (Å²) in [6.07, 6.45) is 2.81. The SMILES string of the molecule is CC(C)(C)OC(=O)CC1(c2nc(C(=O)CCc3ccc(F)cc3)c(O)c(=O)[nH]2)CCC(CO[Si](C)(C)C(C)(C)C)CC1. The molecule has 2 aromatic rings. The fourth-order valence-corrected chi connectivity index (χ4v) is 6.12. The normalized spacial score (nSPS) is 19.9. The summed E-state index contributed by atoms with van der Waals surface area (Å²) in [5, 5.41) is 10.6. The maximum atomic E-state index is 13.3. The van der Waals surface area contributed by atoms with Crippen LogP contribution >= 0.6 is 0 Å². The van der Waals surface area contributed by atoms with Gasteiger partial charge in [-0.3, -0.25) is 14.4 Å². The molecule has 3 rings (SSSR count). The summed E-state index contributed by atoms with van der Waals surface area (Å²) in [5.41, 5.74) is -1.95. The number of H-pyrrole nitrogens is 1. The predicted octanol–water partition coefficient (Wildman–Crippen LogP) is 6.61. The molecule has 0 saturated heterocycles. The highest BCUT2D eigenvalue weighted by atomic mass is 28.4. The second-order valence-corrected chi connectivity index (χ2v) is 19.0. The van der Waals surface area contributed by atoms with Crippen LogP contribution in [0.1, 0.15) is 102 Å². The Morgan fingerprint density at radius 1 is 1.10 bits per heavy atom. The lowest BCUT2D eigenvalue weighted by Gasteiger charge is -2.41. The van der Waals surface area contributed by atoms with E-state index in [9.17, 15) is 23.9 Å². The molecule has 1 fully saturated rings. The fourth-order valence-electron chi connectivity index (χ4n) is 5.03. The van der Waals surface area contributed by atoms with Gasteiger partial charge < -0.3 is 19.3 Å². The van der Waals surface area contributed by atoms with Gasteiger partial charge in [-0.2, -0.15) is 0 Å². The van der Waals surface area contributed by atoms with Crippen LogP contribution in [0.4, 0.5) is 4.39 Å². The third-order valence-corrected chi connectivity index (χ3v) is 13.2. The van der Waals surface area contributed by atoms with Gasteiger partial charge in [0, 0.05) is 18.4 Å². The highest BCUT2D eigenvalue weighted by molar-refractivity contribution is 6.74. The number of Topliss-reactive ketones (excluding diaryl/α,β-unsaturated/α-hetero) is 1. The summed E-state index contributed by atoms with van der Waals surface area (Å²) in [7, 11) is -1.93. The first-order valence-electron chi connectivity index (χ1n) is 14.8. The van der Waals surface area contributed by atoms with Crippen LogP contribution < -0.4 is 5.56 Å². The lowest BCUT2D eigenvalue weighted by molar-refractivity contribution is -0.157. The van der Waals surface area contributed by atoms with Crippen LogP contribution in [0.3, 0.4) is 0 Å². The quantitative estimate of drug-likeness (QED) is 0.178. The number of benzene rings is 1. The molecule has 0 bridgehead atoms. The molecule has 0 atom stereocenters. The zero-order valence-corrected chi connectivity index (χ0v) is 27.4. The molecule has 232 valence electrons. The fraction of sp³-hybridized carbons (Fsp3) is 0.625. The molecule has 42 heavy (non-hydrogen) atoms. The largest absolute Gasteiger partial charge is 0.501 e. The number of nitrogens with one attached hydrogen (secondary N) is 1. The third kappa shape index (κ3) is 8.59. The van der Waals surface area contributed by atoms with Gasteiger partial charge in [0.2, 0.25) is 5.75 Å². The molecule has 1 saturated carbocycles. The number of ketones is 1. The van der Waals surface area contributed by atoms with E-state index >= 15 is 0 Å². The topological polar surface area (TPSA) is 119 Å². The van der Waals surface area contributed by atoms with E-state index in [4.69, 9.17) is 9.16 Å². The number of carbonyl (C=O) groups is 2. The van der Waals surface area contributed by atoms with Crippen molar-refractivity contribution in [1.82, 2.24) is 9.97 Å². The predicted molar refractivity (Wildman–Crippen MR) is 163 cm³/mol. The van der Waals surface area contributed by atoms with Crippen molar-refractivity contribution in [2.45, 2.75) is 116 Å². The number of rotatable bonds is 10. The molecular weight excluding hydrogens is 555 g/mol. The highest BCUT2D eigenvalue weighted by Gasteiger charge is 2.44. The Hall–Kier alpha value is -2.85. The number of aromatic amines is 1. The lowest BCUT2D eigenvalue weighted by atomic mass is 9.68. The Morgan fingerprint density at radius 3 is 2.24 bits per heavy atom. The number of aromatic hydroxyl groups is 1. The van der Waals surface area contributed by atoms with Crippen LogP contribution in [0.5, 0.6) is 5.75 Å². The van der Waals surface area contributed by atoms with Crippen molar-refractivity contribution >= 4 is 20.1 Å². The Balaban J connectivity index is 1.87. The first kappa shape index (κ1) is 33.6. The van der Waals surface area contributed by atoms with Gasteiger partial charge in [-0.25, -0.2) is 9.37 Å². The number of ether oxygens (including phenoxy) is 1. The van der Waals surface area contributed by atoms with Crippen molar-refractivity contribution in [3.05, 3.63) is 57.5 Å². The van der Waals surface area contributed by atoms with Gasteiger partial charge in [0.15, 0.2) is 19.8 Å². The number of hydrogen-bond acceptors (Lipinski definition) is 7. The Labute approximate surface area is 249 Å². The van der Waals surface area contributed by atoms with Crippen molar-refractivity contribution in [1.29, 1.82) is 0 Å². The molecule has 8 nitrogen and oxygen atoms in total. The average Bonchev–Trinajstić information content (AvgIpc) is 2.87. The van der Waals surface area contributed by atoms with Gasteiger partial charge in [0.1, 0.15) is 17.2 Å². The van der Waals surface area contributed by atoms with E-state index in [1.165, 1.54) is 12.1 Å². The Morgan fingerprint density at radius 2 is 1.69 bits per heavy atom. The van der Waals surface area contributed by atoms with Crippen LogP contribution in [-0.2, 0) is 25.8 Å². The van der Waals surface area contributed by atoms with Crippen molar-refractivity contribution in [2.24, 2.45) is 5.92 Å². The van der Waals surface area contributed by atoms with E-state index in [2.05, 4.69) is 43.8 Å². The number of carbonyl (C=O) groups excluding carboxylic acids is 2. The number of esters is 1. The number of aryl methyl sites for hydroxylation is 1. The summed E-state index contributed by atoms with van der Waals surface area (Å²) in [5.74, 6) is -1.55. The van der Waals surface area contributed by atoms with Crippen LogP contribution in [0, 0.1) is 11.7 Å². The van der Waals surface area contributed by atoms with Crippen LogP contribution in [0.2, 0.25) is 18.1 Å². The van der Waals surface area contributed by atoms with Crippen molar-refractivity contribution in [3.8, 4) is 5.75 Å². The zero-order valence-electron chi connectivity index (χ0n) is 26.4. The van der Waals surface area contributed by atoms with Crippen LogP contribution in [0.25, 0.3) is 0 Å². The van der Waals surface area contributed by atoms with Gasteiger partial charge in [0.25, 0.3) is 5.56 Å². The minimum Gasteiger partial charge on any atom is -0.501 e. The summed E-state index contributed by atoms with van der Waals surface area (Å²) in [6, 6.07) is 5.80. The van der Waals surface area contributed by atoms with E-state index in [1.807, 2.05) is 0 Å². The van der Waals surface area contributed by atoms with Gasteiger partial charge in [-0.1, -0.05) is 32.9 Å².